The third-order valence-electron chi connectivity index (χ3n) is 2.59. The van der Waals surface area contributed by atoms with Gasteiger partial charge < -0.3 is 5.11 Å². The van der Waals surface area contributed by atoms with Crippen LogP contribution in [0.3, 0.4) is 0 Å². The topological polar surface area (TPSA) is 84.3 Å². The molecule has 0 saturated carbocycles. The highest BCUT2D eigenvalue weighted by Gasteiger charge is 2.08. The fourth-order valence-corrected chi connectivity index (χ4v) is 2.11. The van der Waals surface area contributed by atoms with Crippen molar-refractivity contribution in [2.45, 2.75) is 4.90 Å². The number of carboxylic acid groups (broad SMARTS) is 1. The number of carboxylic acids is 1. The number of sulfone groups is 1. The van der Waals surface area contributed by atoms with Crippen LogP contribution in [0.15, 0.2) is 47.5 Å². The predicted molar refractivity (Wildman–Crippen MR) is 69.7 cm³/mol. The summed E-state index contributed by atoms with van der Waals surface area (Å²) in [6.07, 6.45) is 2.40. The van der Waals surface area contributed by atoms with Gasteiger partial charge in [-0.15, -0.1) is 0 Å². The van der Waals surface area contributed by atoms with Crippen molar-refractivity contribution in [3.8, 4) is 11.3 Å². The summed E-state index contributed by atoms with van der Waals surface area (Å²) < 4.78 is 22.6. The van der Waals surface area contributed by atoms with Crippen LogP contribution in [0, 0.1) is 0 Å². The summed E-state index contributed by atoms with van der Waals surface area (Å²) in [6.45, 7) is 0. The third kappa shape index (κ3) is 2.97. The molecule has 0 radical (unpaired) electrons. The van der Waals surface area contributed by atoms with Gasteiger partial charge in [0, 0.05) is 18.0 Å². The van der Waals surface area contributed by atoms with Gasteiger partial charge in [-0.3, -0.25) is 4.98 Å². The van der Waals surface area contributed by atoms with E-state index in [1.165, 1.54) is 24.4 Å². The van der Waals surface area contributed by atoms with Crippen molar-refractivity contribution >= 4 is 15.8 Å². The minimum absolute atomic E-state index is 0.151. The predicted octanol–water partition coefficient (Wildman–Crippen LogP) is 1.85. The number of benzene rings is 1. The lowest BCUT2D eigenvalue weighted by Crippen LogP contribution is -1.98. The minimum Gasteiger partial charge on any atom is -0.478 e. The van der Waals surface area contributed by atoms with Crippen LogP contribution in [0.2, 0.25) is 0 Å². The van der Waals surface area contributed by atoms with Crippen molar-refractivity contribution < 1.29 is 18.3 Å². The number of hydrogen-bond donors (Lipinski definition) is 1. The molecular weight excluding hydrogens is 266 g/mol. The Labute approximate surface area is 110 Å². The maximum absolute atomic E-state index is 11.3. The van der Waals surface area contributed by atoms with Crippen LogP contribution in [0.25, 0.3) is 11.3 Å². The number of pyridine rings is 1. The van der Waals surface area contributed by atoms with E-state index in [0.717, 1.165) is 11.8 Å². The van der Waals surface area contributed by atoms with Gasteiger partial charge in [-0.1, -0.05) is 12.1 Å². The Morgan fingerprint density at radius 1 is 1.11 bits per heavy atom. The van der Waals surface area contributed by atoms with Crippen molar-refractivity contribution in [1.82, 2.24) is 4.98 Å². The van der Waals surface area contributed by atoms with Gasteiger partial charge in [0.05, 0.1) is 16.2 Å². The van der Waals surface area contributed by atoms with Crippen molar-refractivity contribution in [2.75, 3.05) is 6.26 Å². The second kappa shape index (κ2) is 4.81. The van der Waals surface area contributed by atoms with Gasteiger partial charge in [-0.2, -0.15) is 0 Å². The Morgan fingerprint density at radius 2 is 1.74 bits per heavy atom. The number of carbonyl (C=O) groups is 1. The molecule has 1 N–H and O–H groups in total. The number of hydrogen-bond acceptors (Lipinski definition) is 4. The Balaban J connectivity index is 2.35. The molecule has 1 heterocycles. The van der Waals surface area contributed by atoms with E-state index in [2.05, 4.69) is 4.98 Å². The lowest BCUT2D eigenvalue weighted by atomic mass is 10.1. The van der Waals surface area contributed by atoms with E-state index >= 15 is 0 Å². The smallest absolute Gasteiger partial charge is 0.335 e. The van der Waals surface area contributed by atoms with Crippen molar-refractivity contribution in [1.29, 1.82) is 0 Å². The first kappa shape index (κ1) is 13.2. The third-order valence-corrected chi connectivity index (χ3v) is 3.69. The Kier molecular flexibility index (Phi) is 3.35. The molecule has 0 saturated heterocycles. The van der Waals surface area contributed by atoms with Crippen LogP contribution in [-0.4, -0.2) is 30.7 Å². The van der Waals surface area contributed by atoms with Gasteiger partial charge in [0.25, 0.3) is 0 Å². The molecule has 0 aliphatic rings. The molecule has 2 aromatic rings. The number of aromatic carboxylic acids is 1. The summed E-state index contributed by atoms with van der Waals surface area (Å²) in [5.74, 6) is -0.994. The lowest BCUT2D eigenvalue weighted by molar-refractivity contribution is 0.0697. The molecule has 0 aliphatic heterocycles. The SMILES string of the molecule is CS(=O)(=O)c1ccc(-c2ccc(C(=O)O)cc2)nc1. The monoisotopic (exact) mass is 277 g/mol. The van der Waals surface area contributed by atoms with Gasteiger partial charge >= 0.3 is 5.97 Å². The van der Waals surface area contributed by atoms with E-state index in [9.17, 15) is 13.2 Å². The molecular formula is C13H11NO4S. The number of nitrogens with zero attached hydrogens (tertiary/aromatic N) is 1. The fourth-order valence-electron chi connectivity index (χ4n) is 1.55. The summed E-state index contributed by atoms with van der Waals surface area (Å²) in [7, 11) is -3.26. The molecule has 2 rings (SSSR count). The van der Waals surface area contributed by atoms with Crippen LogP contribution < -0.4 is 0 Å². The zero-order valence-corrected chi connectivity index (χ0v) is 10.9. The summed E-state index contributed by atoms with van der Waals surface area (Å²) >= 11 is 0. The molecule has 1 aromatic carbocycles. The largest absolute Gasteiger partial charge is 0.478 e. The quantitative estimate of drug-likeness (QED) is 0.925. The first-order valence-corrected chi connectivity index (χ1v) is 7.27. The highest BCUT2D eigenvalue weighted by Crippen LogP contribution is 2.19. The summed E-state index contributed by atoms with van der Waals surface area (Å²) in [6, 6.07) is 9.28. The van der Waals surface area contributed by atoms with E-state index in [1.54, 1.807) is 18.2 Å². The van der Waals surface area contributed by atoms with E-state index in [0.29, 0.717) is 5.69 Å². The standard InChI is InChI=1S/C13H11NO4S/c1-19(17,18)11-6-7-12(14-8-11)9-2-4-10(5-3-9)13(15)16/h2-8H,1H3,(H,15,16). The Hall–Kier alpha value is -2.21. The number of rotatable bonds is 3. The van der Waals surface area contributed by atoms with Gasteiger partial charge in [0.1, 0.15) is 0 Å². The molecule has 0 unspecified atom stereocenters. The zero-order valence-electron chi connectivity index (χ0n) is 10.1. The molecule has 0 bridgehead atoms. The van der Waals surface area contributed by atoms with Crippen LogP contribution in [0.5, 0.6) is 0 Å². The summed E-state index contributed by atoms with van der Waals surface area (Å²) in [5.41, 5.74) is 1.51. The first-order chi connectivity index (χ1) is 8.88. The highest BCUT2D eigenvalue weighted by molar-refractivity contribution is 7.90. The lowest BCUT2D eigenvalue weighted by Gasteiger charge is -2.03. The molecule has 19 heavy (non-hydrogen) atoms. The molecule has 5 nitrogen and oxygen atoms in total. The molecule has 0 amide bonds. The zero-order chi connectivity index (χ0) is 14.0. The van der Waals surface area contributed by atoms with Crippen LogP contribution >= 0.6 is 0 Å². The average molecular weight is 277 g/mol. The fraction of sp³-hybridized carbons (Fsp3) is 0.0769. The minimum atomic E-state index is -3.26. The van der Waals surface area contributed by atoms with Crippen molar-refractivity contribution in [3.05, 3.63) is 48.2 Å². The highest BCUT2D eigenvalue weighted by atomic mass is 32.2. The van der Waals surface area contributed by atoms with E-state index in [-0.39, 0.29) is 10.5 Å². The second-order valence-electron chi connectivity index (χ2n) is 4.03. The number of aromatic nitrogens is 1. The van der Waals surface area contributed by atoms with E-state index in [1.807, 2.05) is 0 Å². The van der Waals surface area contributed by atoms with Crippen molar-refractivity contribution in [2.24, 2.45) is 0 Å². The average Bonchev–Trinajstić information content (AvgIpc) is 2.38. The molecule has 1 aromatic heterocycles. The summed E-state index contributed by atoms with van der Waals surface area (Å²) in [4.78, 5) is 14.9. The molecule has 6 heteroatoms. The maximum Gasteiger partial charge on any atom is 0.335 e. The van der Waals surface area contributed by atoms with Gasteiger partial charge in [-0.05, 0) is 24.3 Å². The van der Waals surface area contributed by atoms with E-state index < -0.39 is 15.8 Å². The van der Waals surface area contributed by atoms with Crippen LogP contribution in [0.4, 0.5) is 0 Å². The Bertz CT molecular complexity index is 703. The van der Waals surface area contributed by atoms with E-state index in [4.69, 9.17) is 5.11 Å². The first-order valence-electron chi connectivity index (χ1n) is 5.38. The molecule has 0 fully saturated rings. The molecule has 0 aliphatic carbocycles. The van der Waals surface area contributed by atoms with Crippen LogP contribution in [-0.2, 0) is 9.84 Å². The van der Waals surface area contributed by atoms with Crippen molar-refractivity contribution in [3.63, 3.8) is 0 Å². The van der Waals surface area contributed by atoms with Crippen LogP contribution in [0.1, 0.15) is 10.4 Å². The van der Waals surface area contributed by atoms with Gasteiger partial charge in [0.2, 0.25) is 0 Å². The second-order valence-corrected chi connectivity index (χ2v) is 6.05. The van der Waals surface area contributed by atoms with Gasteiger partial charge in [-0.25, -0.2) is 13.2 Å². The maximum atomic E-state index is 11.3. The summed E-state index contributed by atoms with van der Waals surface area (Å²) in [5, 5.41) is 8.79. The molecule has 98 valence electrons. The van der Waals surface area contributed by atoms with Gasteiger partial charge in [0.15, 0.2) is 9.84 Å². The Morgan fingerprint density at radius 3 is 2.16 bits per heavy atom. The molecule has 0 spiro atoms. The molecule has 0 atom stereocenters. The normalized spacial score (nSPS) is 11.2.